The van der Waals surface area contributed by atoms with E-state index in [1.165, 1.54) is 22.7 Å². The van der Waals surface area contributed by atoms with Gasteiger partial charge in [-0.15, -0.1) is 0 Å². The number of alkyl halides is 9. The van der Waals surface area contributed by atoms with Crippen LogP contribution in [0.2, 0.25) is 0 Å². The van der Waals surface area contributed by atoms with Crippen molar-refractivity contribution in [3.8, 4) is 0 Å². The fraction of sp³-hybridized carbons (Fsp3) is 0.143. The molecule has 0 saturated heterocycles. The molecule has 0 atom stereocenters. The van der Waals surface area contributed by atoms with Crippen LogP contribution in [-0.4, -0.2) is 36.2 Å². The molecule has 4 rings (SSSR count). The van der Waals surface area contributed by atoms with Gasteiger partial charge in [0.25, 0.3) is 0 Å². The highest BCUT2D eigenvalue weighted by molar-refractivity contribution is 7.86. The number of para-hydroxylation sites is 4. The molecule has 14 heteroatoms. The second kappa shape index (κ2) is 11.8. The van der Waals surface area contributed by atoms with Crippen molar-refractivity contribution < 1.29 is 52.5 Å². The molecule has 0 fully saturated rings. The van der Waals surface area contributed by atoms with E-state index in [0.29, 0.717) is 4.48 Å². The Hall–Kier alpha value is -3.88. The first-order valence-electron chi connectivity index (χ1n) is 11.7. The Bertz CT molecular complexity index is 1390. The Kier molecular flexibility index (Phi) is 9.15. The molecule has 0 amide bonds. The minimum absolute atomic E-state index is 0.559. The molecule has 0 bridgehead atoms. The summed E-state index contributed by atoms with van der Waals surface area (Å²) in [5.41, 5.74) is 4.86. The molecule has 0 saturated carbocycles. The SMILES string of the molecule is O=S(=O)([O-])C(F)(F)C(F)(F)C(F)(F)C(F)(F)F.c1ccc([N+](c2ccccc2)(c2ccccc2)c2ccccc2)cc1. The molecule has 0 aromatic heterocycles. The van der Waals surface area contributed by atoms with Crippen LogP contribution in [0.5, 0.6) is 0 Å². The zero-order chi connectivity index (χ0) is 31.5. The van der Waals surface area contributed by atoms with Gasteiger partial charge in [0.2, 0.25) is 0 Å². The van der Waals surface area contributed by atoms with Crippen LogP contribution in [0.15, 0.2) is 121 Å². The van der Waals surface area contributed by atoms with Crippen LogP contribution < -0.4 is 4.48 Å². The van der Waals surface area contributed by atoms with E-state index in [1.54, 1.807) is 0 Å². The summed E-state index contributed by atoms with van der Waals surface area (Å²) in [6.07, 6.45) is -7.16. The Labute approximate surface area is 234 Å². The number of benzene rings is 4. The van der Waals surface area contributed by atoms with Crippen LogP contribution in [-0.2, 0) is 10.1 Å². The molecule has 0 aliphatic heterocycles. The van der Waals surface area contributed by atoms with Gasteiger partial charge in [0.1, 0.15) is 22.7 Å². The van der Waals surface area contributed by atoms with Gasteiger partial charge >= 0.3 is 23.3 Å². The second-order valence-electron chi connectivity index (χ2n) is 8.63. The van der Waals surface area contributed by atoms with E-state index in [0.717, 1.165) is 0 Å². The number of hydrogen-bond acceptors (Lipinski definition) is 3. The number of rotatable bonds is 7. The standard InChI is InChI=1S/C24H20N.C4HF9O3S/c1-5-13-21(14-6-1)25(22-15-7-2-8-16-22,23-17-9-3-10-18-23)24-19-11-4-12-20-24;5-1(6,3(9,10)11)2(7,8)4(12,13)17(14,15)16/h1-20H;(H,14,15,16)/q+1;/p-1. The number of quaternary nitrogens is 1. The molecule has 0 aliphatic carbocycles. The fourth-order valence-corrected chi connectivity index (χ4v) is 4.46. The molecule has 42 heavy (non-hydrogen) atoms. The quantitative estimate of drug-likeness (QED) is 0.118. The minimum Gasteiger partial charge on any atom is -0.743 e. The van der Waals surface area contributed by atoms with Crippen molar-refractivity contribution in [1.29, 1.82) is 0 Å². The smallest absolute Gasteiger partial charge is 0.460 e. The van der Waals surface area contributed by atoms with Crippen molar-refractivity contribution in [2.45, 2.75) is 23.3 Å². The topological polar surface area (TPSA) is 57.2 Å². The van der Waals surface area contributed by atoms with Crippen molar-refractivity contribution in [2.75, 3.05) is 0 Å². The molecule has 0 unspecified atom stereocenters. The maximum atomic E-state index is 12.2. The number of nitrogens with zero attached hydrogens (tertiary/aromatic N) is 1. The lowest BCUT2D eigenvalue weighted by atomic mass is 10.1. The summed E-state index contributed by atoms with van der Waals surface area (Å²) in [6.45, 7) is 0. The molecule has 4 aromatic rings. The number of hydrogen-bond donors (Lipinski definition) is 0. The molecule has 0 radical (unpaired) electrons. The molecular weight excluding hydrogens is 601 g/mol. The van der Waals surface area contributed by atoms with Crippen LogP contribution in [0.3, 0.4) is 0 Å². The van der Waals surface area contributed by atoms with Gasteiger partial charge in [-0.2, -0.15) is 44.0 Å². The van der Waals surface area contributed by atoms with Crippen LogP contribution in [0.1, 0.15) is 0 Å². The number of halogens is 9. The molecule has 0 N–H and O–H groups in total. The lowest BCUT2D eigenvalue weighted by Crippen LogP contribution is -2.63. The molecule has 0 spiro atoms. The third-order valence-electron chi connectivity index (χ3n) is 6.00. The van der Waals surface area contributed by atoms with Crippen molar-refractivity contribution in [3.05, 3.63) is 121 Å². The highest BCUT2D eigenvalue weighted by Gasteiger charge is 2.83. The largest absolute Gasteiger partial charge is 0.743 e. The van der Waals surface area contributed by atoms with Crippen molar-refractivity contribution >= 4 is 32.9 Å². The van der Waals surface area contributed by atoms with Gasteiger partial charge in [-0.3, -0.25) is 0 Å². The summed E-state index contributed by atoms with van der Waals surface area (Å²) in [6, 6.07) is 42.8. The van der Waals surface area contributed by atoms with E-state index < -0.39 is 33.4 Å². The van der Waals surface area contributed by atoms with Crippen LogP contribution in [0, 0.1) is 0 Å². The van der Waals surface area contributed by atoms with Crippen molar-refractivity contribution in [2.24, 2.45) is 0 Å². The van der Waals surface area contributed by atoms with E-state index in [4.69, 9.17) is 0 Å². The van der Waals surface area contributed by atoms with Crippen LogP contribution in [0.4, 0.5) is 62.3 Å². The minimum atomic E-state index is -7.43. The monoisotopic (exact) mass is 621 g/mol. The lowest BCUT2D eigenvalue weighted by Gasteiger charge is -2.37. The molecule has 0 heterocycles. The average Bonchev–Trinajstić information content (AvgIpc) is 2.95. The first kappa shape index (κ1) is 32.6. The van der Waals surface area contributed by atoms with Gasteiger partial charge in [0.05, 0.1) is 0 Å². The average molecular weight is 622 g/mol. The maximum Gasteiger partial charge on any atom is 0.460 e. The van der Waals surface area contributed by atoms with Gasteiger partial charge in [-0.1, -0.05) is 72.8 Å². The van der Waals surface area contributed by atoms with Crippen LogP contribution >= 0.6 is 0 Å². The van der Waals surface area contributed by atoms with E-state index in [9.17, 15) is 52.5 Å². The Morgan fingerprint density at radius 3 is 0.881 bits per heavy atom. The molecule has 4 aromatic carbocycles. The zero-order valence-corrected chi connectivity index (χ0v) is 21.8. The van der Waals surface area contributed by atoms with E-state index >= 15 is 0 Å². The van der Waals surface area contributed by atoms with Gasteiger partial charge in [-0.05, 0) is 0 Å². The Balaban J connectivity index is 0.000000252. The summed E-state index contributed by atoms with van der Waals surface area (Å²) < 4.78 is 136. The predicted octanol–water partition coefficient (Wildman–Crippen LogP) is 8.95. The van der Waals surface area contributed by atoms with Gasteiger partial charge in [0.15, 0.2) is 10.1 Å². The molecule has 0 aliphatic rings. The third-order valence-corrected chi connectivity index (χ3v) is 6.89. The van der Waals surface area contributed by atoms with E-state index in [1.807, 2.05) is 0 Å². The van der Waals surface area contributed by atoms with Gasteiger partial charge < -0.3 is 4.55 Å². The zero-order valence-electron chi connectivity index (χ0n) is 21.0. The van der Waals surface area contributed by atoms with Crippen molar-refractivity contribution in [1.82, 2.24) is 4.48 Å². The summed E-state index contributed by atoms with van der Waals surface area (Å²) >= 11 is 0. The predicted molar refractivity (Wildman–Crippen MR) is 137 cm³/mol. The van der Waals surface area contributed by atoms with Gasteiger partial charge in [0, 0.05) is 48.5 Å². The summed E-state index contributed by atoms with van der Waals surface area (Å²) in [5, 5.41) is -7.11. The summed E-state index contributed by atoms with van der Waals surface area (Å²) in [7, 11) is -7.42. The third kappa shape index (κ3) is 5.74. The Morgan fingerprint density at radius 2 is 0.690 bits per heavy atom. The fourth-order valence-electron chi connectivity index (χ4n) is 4.02. The second-order valence-corrected chi connectivity index (χ2v) is 10.1. The summed E-state index contributed by atoms with van der Waals surface area (Å²) in [5.74, 6) is -14.8. The van der Waals surface area contributed by atoms with Crippen molar-refractivity contribution in [3.63, 3.8) is 0 Å². The Morgan fingerprint density at radius 1 is 0.452 bits per heavy atom. The maximum absolute atomic E-state index is 12.2. The lowest BCUT2D eigenvalue weighted by molar-refractivity contribution is -0.382. The summed E-state index contributed by atoms with van der Waals surface area (Å²) in [4.78, 5) is 0. The normalized spacial score (nSPS) is 13.2. The highest BCUT2D eigenvalue weighted by atomic mass is 32.2. The van der Waals surface area contributed by atoms with Crippen LogP contribution in [0.25, 0.3) is 0 Å². The molecule has 4 nitrogen and oxygen atoms in total. The van der Waals surface area contributed by atoms with E-state index in [2.05, 4.69) is 121 Å². The highest BCUT2D eigenvalue weighted by Crippen LogP contribution is 2.54. The van der Waals surface area contributed by atoms with Gasteiger partial charge in [-0.25, -0.2) is 8.42 Å². The molecular formula is C28H20F9NO3S. The first-order valence-corrected chi connectivity index (χ1v) is 13.1. The van der Waals surface area contributed by atoms with E-state index in [-0.39, 0.29) is 0 Å². The first-order chi connectivity index (χ1) is 19.4. The molecule has 224 valence electrons.